The average Bonchev–Trinajstić information content (AvgIpc) is 2.86. The van der Waals surface area contributed by atoms with E-state index in [2.05, 4.69) is 17.2 Å². The van der Waals surface area contributed by atoms with Gasteiger partial charge in [-0.2, -0.15) is 0 Å². The van der Waals surface area contributed by atoms with Crippen LogP contribution in [-0.2, 0) is 9.05 Å². The van der Waals surface area contributed by atoms with Crippen LogP contribution in [0.4, 0.5) is 0 Å². The van der Waals surface area contributed by atoms with Gasteiger partial charge in [0.05, 0.1) is 0 Å². The normalized spacial score (nSPS) is 18.7. The van der Waals surface area contributed by atoms with E-state index in [0.717, 1.165) is 12.8 Å². The summed E-state index contributed by atoms with van der Waals surface area (Å²) in [4.78, 5) is 14.5. The number of amides is 1. The van der Waals surface area contributed by atoms with Crippen LogP contribution in [0.25, 0.3) is 0 Å². The molecular weight excluding hydrogens is 300 g/mol. The number of rotatable bonds is 4. The van der Waals surface area contributed by atoms with Crippen molar-refractivity contribution in [1.82, 2.24) is 10.3 Å². The van der Waals surface area contributed by atoms with Crippen molar-refractivity contribution >= 4 is 25.6 Å². The van der Waals surface area contributed by atoms with Gasteiger partial charge in [-0.25, -0.2) is 8.42 Å². The van der Waals surface area contributed by atoms with Gasteiger partial charge in [0.1, 0.15) is 10.6 Å². The molecule has 0 radical (unpaired) electrons. The Kier molecular flexibility index (Phi) is 4.44. The number of H-pyrrole nitrogens is 1. The second-order valence-electron chi connectivity index (χ2n) is 5.74. The number of halogens is 1. The molecule has 112 valence electrons. The molecule has 7 heteroatoms. The lowest BCUT2D eigenvalue weighted by atomic mass is 9.76. The Hall–Kier alpha value is -1.01. The minimum Gasteiger partial charge on any atom is -0.356 e. The van der Waals surface area contributed by atoms with Gasteiger partial charge in [0.15, 0.2) is 0 Å². The van der Waals surface area contributed by atoms with Crippen molar-refractivity contribution in [1.29, 1.82) is 0 Å². The van der Waals surface area contributed by atoms with Crippen LogP contribution in [-0.4, -0.2) is 25.9 Å². The molecule has 1 saturated carbocycles. The van der Waals surface area contributed by atoms with Crippen LogP contribution in [0, 0.1) is 5.41 Å². The molecule has 20 heavy (non-hydrogen) atoms. The monoisotopic (exact) mass is 318 g/mol. The van der Waals surface area contributed by atoms with Gasteiger partial charge in [-0.05, 0) is 24.3 Å². The summed E-state index contributed by atoms with van der Waals surface area (Å²) in [6.45, 7) is 2.78. The van der Waals surface area contributed by atoms with Gasteiger partial charge in [-0.15, -0.1) is 0 Å². The molecule has 0 spiro atoms. The number of nitrogens with one attached hydrogen (secondary N) is 2. The van der Waals surface area contributed by atoms with Crippen LogP contribution >= 0.6 is 10.7 Å². The zero-order valence-corrected chi connectivity index (χ0v) is 13.0. The molecule has 1 aromatic rings. The third kappa shape index (κ3) is 3.76. The Morgan fingerprint density at radius 3 is 2.60 bits per heavy atom. The van der Waals surface area contributed by atoms with E-state index in [4.69, 9.17) is 10.7 Å². The van der Waals surface area contributed by atoms with Crippen LogP contribution in [0.1, 0.15) is 49.5 Å². The van der Waals surface area contributed by atoms with E-state index >= 15 is 0 Å². The Morgan fingerprint density at radius 2 is 2.05 bits per heavy atom. The summed E-state index contributed by atoms with van der Waals surface area (Å²) in [5.41, 5.74) is 0.352. The number of carbonyl (C=O) groups is 1. The van der Waals surface area contributed by atoms with Crippen molar-refractivity contribution in [2.75, 3.05) is 6.54 Å². The maximum atomic E-state index is 12.0. The van der Waals surface area contributed by atoms with Crippen LogP contribution in [0.2, 0.25) is 0 Å². The number of aromatic amines is 1. The number of hydrogen-bond donors (Lipinski definition) is 2. The second kappa shape index (κ2) is 5.77. The highest BCUT2D eigenvalue weighted by Gasteiger charge is 2.27. The first-order valence-corrected chi connectivity index (χ1v) is 9.02. The van der Waals surface area contributed by atoms with E-state index < -0.39 is 9.05 Å². The molecule has 1 aliphatic carbocycles. The fraction of sp³-hybridized carbons (Fsp3) is 0.615. The third-order valence-electron chi connectivity index (χ3n) is 3.92. The molecular formula is C13H19ClN2O3S. The van der Waals surface area contributed by atoms with Crippen LogP contribution in [0.5, 0.6) is 0 Å². The SMILES string of the molecule is CC1(CNC(=O)c2cc(S(=O)(=O)Cl)c[nH]2)CCCCC1. The van der Waals surface area contributed by atoms with Gasteiger partial charge in [-0.3, -0.25) is 4.79 Å². The van der Waals surface area contributed by atoms with Crippen molar-refractivity contribution in [3.8, 4) is 0 Å². The fourth-order valence-electron chi connectivity index (χ4n) is 2.62. The van der Waals surface area contributed by atoms with Gasteiger partial charge in [-0.1, -0.05) is 26.2 Å². The first-order valence-electron chi connectivity index (χ1n) is 6.71. The van der Waals surface area contributed by atoms with Gasteiger partial charge in [0, 0.05) is 23.4 Å². The molecule has 5 nitrogen and oxygen atoms in total. The molecule has 2 N–H and O–H groups in total. The highest BCUT2D eigenvalue weighted by atomic mass is 35.7. The Balaban J connectivity index is 1.97. The largest absolute Gasteiger partial charge is 0.356 e. The maximum Gasteiger partial charge on any atom is 0.267 e. The smallest absolute Gasteiger partial charge is 0.267 e. The van der Waals surface area contributed by atoms with Crippen molar-refractivity contribution in [2.24, 2.45) is 5.41 Å². The number of hydrogen-bond acceptors (Lipinski definition) is 3. The summed E-state index contributed by atoms with van der Waals surface area (Å²) in [5, 5.41) is 2.87. The summed E-state index contributed by atoms with van der Waals surface area (Å²) < 4.78 is 22.3. The van der Waals surface area contributed by atoms with Crippen molar-refractivity contribution in [3.63, 3.8) is 0 Å². The molecule has 0 saturated heterocycles. The lowest BCUT2D eigenvalue weighted by Gasteiger charge is -2.33. The van der Waals surface area contributed by atoms with Gasteiger partial charge >= 0.3 is 0 Å². The molecule has 1 amide bonds. The molecule has 2 rings (SSSR count). The van der Waals surface area contributed by atoms with Crippen LogP contribution < -0.4 is 5.32 Å². The predicted octanol–water partition coefficient (Wildman–Crippen LogP) is 2.64. The van der Waals surface area contributed by atoms with Crippen molar-refractivity contribution in [2.45, 2.75) is 43.9 Å². The van der Waals surface area contributed by atoms with Crippen LogP contribution in [0.15, 0.2) is 17.2 Å². The fourth-order valence-corrected chi connectivity index (χ4v) is 3.34. The summed E-state index contributed by atoms with van der Waals surface area (Å²) in [5.74, 6) is -0.302. The first-order chi connectivity index (χ1) is 9.30. The summed E-state index contributed by atoms with van der Waals surface area (Å²) in [6.07, 6.45) is 7.10. The topological polar surface area (TPSA) is 79.0 Å². The Bertz CT molecular complexity index is 589. The zero-order chi connectivity index (χ0) is 14.8. The van der Waals surface area contributed by atoms with Crippen molar-refractivity contribution in [3.05, 3.63) is 18.0 Å². The standard InChI is InChI=1S/C13H19ClN2O3S/c1-13(5-3-2-4-6-13)9-16-12(17)11-7-10(8-15-11)20(14,18)19/h7-8,15H,2-6,9H2,1H3,(H,16,17). The molecule has 0 unspecified atom stereocenters. The van der Waals surface area contributed by atoms with Crippen molar-refractivity contribution < 1.29 is 13.2 Å². The van der Waals surface area contributed by atoms with E-state index in [-0.39, 0.29) is 21.9 Å². The number of carbonyl (C=O) groups excluding carboxylic acids is 1. The zero-order valence-electron chi connectivity index (χ0n) is 11.4. The van der Waals surface area contributed by atoms with E-state index in [0.29, 0.717) is 6.54 Å². The molecule has 0 atom stereocenters. The maximum absolute atomic E-state index is 12.0. The Morgan fingerprint density at radius 1 is 1.40 bits per heavy atom. The van der Waals surface area contributed by atoms with E-state index in [1.54, 1.807) is 0 Å². The molecule has 1 heterocycles. The predicted molar refractivity (Wildman–Crippen MR) is 77.4 cm³/mol. The molecule has 1 aliphatic rings. The van der Waals surface area contributed by atoms with E-state index in [1.807, 2.05) is 0 Å². The van der Waals surface area contributed by atoms with Gasteiger partial charge in [0.25, 0.3) is 15.0 Å². The highest BCUT2D eigenvalue weighted by molar-refractivity contribution is 8.13. The van der Waals surface area contributed by atoms with E-state index in [9.17, 15) is 13.2 Å². The summed E-state index contributed by atoms with van der Waals surface area (Å²) >= 11 is 0. The summed E-state index contributed by atoms with van der Waals surface area (Å²) in [7, 11) is 1.42. The number of aromatic nitrogens is 1. The average molecular weight is 319 g/mol. The Labute approximate surface area is 123 Å². The lowest BCUT2D eigenvalue weighted by Crippen LogP contribution is -2.37. The highest BCUT2D eigenvalue weighted by Crippen LogP contribution is 2.34. The summed E-state index contributed by atoms with van der Waals surface area (Å²) in [6, 6.07) is 1.25. The lowest BCUT2D eigenvalue weighted by molar-refractivity contribution is 0.0915. The molecule has 1 aromatic heterocycles. The van der Waals surface area contributed by atoms with E-state index in [1.165, 1.54) is 31.5 Å². The van der Waals surface area contributed by atoms with Gasteiger partial charge < -0.3 is 10.3 Å². The van der Waals surface area contributed by atoms with Gasteiger partial charge in [0.2, 0.25) is 0 Å². The first kappa shape index (κ1) is 15.4. The molecule has 0 aliphatic heterocycles. The second-order valence-corrected chi connectivity index (χ2v) is 8.31. The minimum absolute atomic E-state index is 0.0896. The molecule has 0 aromatic carbocycles. The third-order valence-corrected chi connectivity index (χ3v) is 5.25. The molecule has 0 bridgehead atoms. The van der Waals surface area contributed by atoms with Crippen LogP contribution in [0.3, 0.4) is 0 Å². The minimum atomic E-state index is -3.80. The quantitative estimate of drug-likeness (QED) is 0.838. The molecule has 1 fully saturated rings.